The van der Waals surface area contributed by atoms with Gasteiger partial charge in [0.25, 0.3) is 5.91 Å². The molecule has 3 N–H and O–H groups in total. The molecule has 0 aliphatic carbocycles. The van der Waals surface area contributed by atoms with Gasteiger partial charge in [-0.3, -0.25) is 4.79 Å². The van der Waals surface area contributed by atoms with Gasteiger partial charge in [0.1, 0.15) is 5.69 Å². The van der Waals surface area contributed by atoms with E-state index in [2.05, 4.69) is 20.5 Å². The maximum atomic E-state index is 11.7. The second-order valence-corrected chi connectivity index (χ2v) is 4.70. The van der Waals surface area contributed by atoms with Gasteiger partial charge in [0.15, 0.2) is 0 Å². The van der Waals surface area contributed by atoms with Crippen LogP contribution in [-0.4, -0.2) is 54.8 Å². The lowest BCUT2D eigenvalue weighted by Crippen LogP contribution is -2.43. The van der Waals surface area contributed by atoms with Crippen molar-refractivity contribution in [2.24, 2.45) is 0 Å². The monoisotopic (exact) mass is 264 g/mol. The van der Waals surface area contributed by atoms with Crippen LogP contribution >= 0.6 is 0 Å². The topological polar surface area (TPSA) is 77.5 Å². The molecule has 104 valence electrons. The summed E-state index contributed by atoms with van der Waals surface area (Å²) in [6, 6.07) is 3.63. The summed E-state index contributed by atoms with van der Waals surface area (Å²) in [5.41, 5.74) is 1.41. The smallest absolute Gasteiger partial charge is 0.269 e. The van der Waals surface area contributed by atoms with Crippen molar-refractivity contribution in [2.75, 3.05) is 37.6 Å². The third-order valence-electron chi connectivity index (χ3n) is 3.02. The number of nitrogens with one attached hydrogen (secondary N) is 2. The van der Waals surface area contributed by atoms with E-state index in [9.17, 15) is 4.79 Å². The van der Waals surface area contributed by atoms with Gasteiger partial charge in [0.2, 0.25) is 0 Å². The third-order valence-corrected chi connectivity index (χ3v) is 3.02. The van der Waals surface area contributed by atoms with Crippen molar-refractivity contribution in [3.05, 3.63) is 24.0 Å². The van der Waals surface area contributed by atoms with E-state index in [1.165, 1.54) is 0 Å². The van der Waals surface area contributed by atoms with Crippen molar-refractivity contribution in [3.63, 3.8) is 0 Å². The van der Waals surface area contributed by atoms with Gasteiger partial charge >= 0.3 is 0 Å². The number of aliphatic hydroxyl groups excluding tert-OH is 1. The van der Waals surface area contributed by atoms with E-state index in [4.69, 9.17) is 5.11 Å². The first-order chi connectivity index (χ1) is 9.16. The van der Waals surface area contributed by atoms with Gasteiger partial charge in [0.05, 0.1) is 18.0 Å². The molecule has 6 nitrogen and oxygen atoms in total. The average molecular weight is 264 g/mol. The second-order valence-electron chi connectivity index (χ2n) is 4.70. The number of hydrogen-bond acceptors (Lipinski definition) is 5. The Morgan fingerprint density at radius 3 is 2.84 bits per heavy atom. The highest BCUT2D eigenvalue weighted by Crippen LogP contribution is 2.13. The maximum Gasteiger partial charge on any atom is 0.269 e. The minimum atomic E-state index is -0.552. The van der Waals surface area contributed by atoms with Crippen LogP contribution in [0.5, 0.6) is 0 Å². The fraction of sp³-hybridized carbons (Fsp3) is 0.538. The first kappa shape index (κ1) is 13.8. The molecule has 1 saturated heterocycles. The quantitative estimate of drug-likeness (QED) is 0.690. The van der Waals surface area contributed by atoms with Crippen LogP contribution in [0.2, 0.25) is 0 Å². The van der Waals surface area contributed by atoms with Crippen molar-refractivity contribution < 1.29 is 9.90 Å². The molecule has 1 aliphatic rings. The van der Waals surface area contributed by atoms with E-state index in [-0.39, 0.29) is 12.5 Å². The Morgan fingerprint density at radius 2 is 2.26 bits per heavy atom. The number of aromatic nitrogens is 1. The Bertz CT molecular complexity index is 413. The zero-order valence-corrected chi connectivity index (χ0v) is 11.1. The first-order valence-electron chi connectivity index (χ1n) is 6.55. The van der Waals surface area contributed by atoms with E-state index in [0.717, 1.165) is 31.9 Å². The van der Waals surface area contributed by atoms with Gasteiger partial charge in [-0.05, 0) is 19.1 Å². The van der Waals surface area contributed by atoms with Crippen LogP contribution in [0.3, 0.4) is 0 Å². The standard InChI is InChI=1S/C13H20N4O2/c1-10(18)8-16-13(19)12-3-2-11(9-15-12)17-6-4-14-5-7-17/h2-3,9-10,14,18H,4-8H2,1H3,(H,16,19)/t10-/m0/s1. The molecule has 0 aromatic carbocycles. The van der Waals surface area contributed by atoms with Crippen LogP contribution in [0.4, 0.5) is 5.69 Å². The number of carbonyl (C=O) groups excluding carboxylic acids is 1. The van der Waals surface area contributed by atoms with Crippen molar-refractivity contribution in [1.29, 1.82) is 0 Å². The van der Waals surface area contributed by atoms with Gasteiger partial charge in [-0.15, -0.1) is 0 Å². The molecule has 2 rings (SSSR count). The highest BCUT2D eigenvalue weighted by molar-refractivity contribution is 5.92. The highest BCUT2D eigenvalue weighted by Gasteiger charge is 2.12. The molecule has 1 aliphatic heterocycles. The summed E-state index contributed by atoms with van der Waals surface area (Å²) in [7, 11) is 0. The van der Waals surface area contributed by atoms with Gasteiger partial charge in [-0.1, -0.05) is 0 Å². The van der Waals surface area contributed by atoms with Gasteiger partial charge in [-0.25, -0.2) is 4.98 Å². The zero-order chi connectivity index (χ0) is 13.7. The van der Waals surface area contributed by atoms with E-state index in [0.29, 0.717) is 5.69 Å². The average Bonchev–Trinajstić information content (AvgIpc) is 2.46. The number of hydrogen-bond donors (Lipinski definition) is 3. The Morgan fingerprint density at radius 1 is 1.53 bits per heavy atom. The second kappa shape index (κ2) is 6.49. The van der Waals surface area contributed by atoms with Crippen molar-refractivity contribution in [2.45, 2.75) is 13.0 Å². The Labute approximate surface area is 112 Å². The fourth-order valence-corrected chi connectivity index (χ4v) is 1.96. The van der Waals surface area contributed by atoms with Crippen LogP contribution < -0.4 is 15.5 Å². The number of rotatable bonds is 4. The van der Waals surface area contributed by atoms with E-state index in [1.807, 2.05) is 6.07 Å². The largest absolute Gasteiger partial charge is 0.392 e. The van der Waals surface area contributed by atoms with Crippen LogP contribution in [-0.2, 0) is 0 Å². The molecule has 19 heavy (non-hydrogen) atoms. The van der Waals surface area contributed by atoms with E-state index >= 15 is 0 Å². The molecule has 0 bridgehead atoms. The molecular formula is C13H20N4O2. The molecule has 1 aromatic heterocycles. The van der Waals surface area contributed by atoms with Crippen molar-refractivity contribution >= 4 is 11.6 Å². The van der Waals surface area contributed by atoms with E-state index < -0.39 is 6.10 Å². The summed E-state index contributed by atoms with van der Waals surface area (Å²) in [6.07, 6.45) is 1.17. The molecule has 1 atom stereocenters. The van der Waals surface area contributed by atoms with Crippen molar-refractivity contribution in [3.8, 4) is 0 Å². The molecule has 2 heterocycles. The summed E-state index contributed by atoms with van der Waals surface area (Å²) in [5, 5.41) is 15.0. The van der Waals surface area contributed by atoms with Crippen LogP contribution in [0.15, 0.2) is 18.3 Å². The Hall–Kier alpha value is -1.66. The third kappa shape index (κ3) is 3.90. The number of pyridine rings is 1. The van der Waals surface area contributed by atoms with Crippen molar-refractivity contribution in [1.82, 2.24) is 15.6 Å². The summed E-state index contributed by atoms with van der Waals surface area (Å²) in [5.74, 6) is -0.257. The summed E-state index contributed by atoms with van der Waals surface area (Å²) in [6.45, 7) is 5.71. The summed E-state index contributed by atoms with van der Waals surface area (Å²) < 4.78 is 0. The lowest BCUT2D eigenvalue weighted by atomic mass is 10.2. The number of amides is 1. The maximum absolute atomic E-state index is 11.7. The highest BCUT2D eigenvalue weighted by atomic mass is 16.3. The number of nitrogens with zero attached hydrogens (tertiary/aromatic N) is 2. The summed E-state index contributed by atoms with van der Waals surface area (Å²) in [4.78, 5) is 18.1. The molecule has 1 amide bonds. The fourth-order valence-electron chi connectivity index (χ4n) is 1.96. The minimum Gasteiger partial charge on any atom is -0.392 e. The lowest BCUT2D eigenvalue weighted by Gasteiger charge is -2.29. The van der Waals surface area contributed by atoms with Crippen LogP contribution in [0.25, 0.3) is 0 Å². The molecule has 0 spiro atoms. The molecule has 1 aromatic rings. The van der Waals surface area contributed by atoms with Gasteiger partial charge in [-0.2, -0.15) is 0 Å². The van der Waals surface area contributed by atoms with Crippen LogP contribution in [0.1, 0.15) is 17.4 Å². The normalized spacial score (nSPS) is 17.1. The van der Waals surface area contributed by atoms with Gasteiger partial charge in [0, 0.05) is 32.7 Å². The number of carbonyl (C=O) groups is 1. The predicted molar refractivity (Wildman–Crippen MR) is 73.3 cm³/mol. The number of aliphatic hydroxyl groups is 1. The number of piperazine rings is 1. The zero-order valence-electron chi connectivity index (χ0n) is 11.1. The first-order valence-corrected chi connectivity index (χ1v) is 6.55. The van der Waals surface area contributed by atoms with Gasteiger partial charge < -0.3 is 20.6 Å². The SMILES string of the molecule is C[C@H](O)CNC(=O)c1ccc(N2CCNCC2)cn1. The molecule has 0 unspecified atom stereocenters. The molecule has 0 saturated carbocycles. The van der Waals surface area contributed by atoms with Crippen LogP contribution in [0, 0.1) is 0 Å². The Balaban J connectivity index is 1.95. The summed E-state index contributed by atoms with van der Waals surface area (Å²) >= 11 is 0. The number of anilines is 1. The lowest BCUT2D eigenvalue weighted by molar-refractivity contribution is 0.0919. The molecule has 6 heteroatoms. The van der Waals surface area contributed by atoms with E-state index in [1.54, 1.807) is 19.2 Å². The predicted octanol–water partition coefficient (Wildman–Crippen LogP) is -0.398. The minimum absolute atomic E-state index is 0.236. The molecule has 0 radical (unpaired) electrons. The molecular weight excluding hydrogens is 244 g/mol. The molecule has 1 fully saturated rings. The Kier molecular flexibility index (Phi) is 4.70.